The van der Waals surface area contributed by atoms with Crippen molar-refractivity contribution in [3.05, 3.63) is 48.0 Å². The molecule has 1 atom stereocenters. The molecule has 0 saturated heterocycles. The number of aromatic nitrogens is 2. The van der Waals surface area contributed by atoms with Gasteiger partial charge in [0.2, 0.25) is 0 Å². The highest BCUT2D eigenvalue weighted by molar-refractivity contribution is 5.28. The second kappa shape index (κ2) is 5.67. The Hall–Kier alpha value is -1.81. The lowest BCUT2D eigenvalue weighted by Crippen LogP contribution is -2.17. The second-order valence-corrected chi connectivity index (χ2v) is 5.64. The van der Waals surface area contributed by atoms with Gasteiger partial charge in [-0.15, -0.1) is 0 Å². The van der Waals surface area contributed by atoms with E-state index in [-0.39, 0.29) is 6.04 Å². The molecule has 1 aromatic carbocycles. The number of rotatable bonds is 6. The highest BCUT2D eigenvalue weighted by atomic mass is 16.5. The quantitative estimate of drug-likeness (QED) is 0.879. The maximum Gasteiger partial charge on any atom is 0.130 e. The molecule has 1 aliphatic carbocycles. The van der Waals surface area contributed by atoms with Gasteiger partial charge in [-0.05, 0) is 43.9 Å². The van der Waals surface area contributed by atoms with Crippen molar-refractivity contribution in [2.75, 3.05) is 0 Å². The summed E-state index contributed by atoms with van der Waals surface area (Å²) in [4.78, 5) is 4.21. The van der Waals surface area contributed by atoms with E-state index in [1.807, 2.05) is 31.6 Å². The van der Waals surface area contributed by atoms with Crippen molar-refractivity contribution in [1.82, 2.24) is 9.55 Å². The van der Waals surface area contributed by atoms with Crippen molar-refractivity contribution in [2.45, 2.75) is 44.9 Å². The summed E-state index contributed by atoms with van der Waals surface area (Å²) in [6, 6.07) is 9.01. The molecule has 0 radical (unpaired) electrons. The first-order valence-corrected chi connectivity index (χ1v) is 7.20. The predicted octanol–water partition coefficient (Wildman–Crippen LogP) is 2.69. The van der Waals surface area contributed by atoms with Crippen LogP contribution in [0.3, 0.4) is 0 Å². The first-order chi connectivity index (χ1) is 9.72. The van der Waals surface area contributed by atoms with Gasteiger partial charge in [0.15, 0.2) is 0 Å². The highest BCUT2D eigenvalue weighted by Crippen LogP contribution is 2.35. The molecule has 1 aliphatic rings. The number of hydrogen-bond acceptors (Lipinski definition) is 3. The van der Waals surface area contributed by atoms with E-state index < -0.39 is 0 Å². The van der Waals surface area contributed by atoms with Gasteiger partial charge in [-0.1, -0.05) is 12.1 Å². The Morgan fingerprint density at radius 2 is 2.10 bits per heavy atom. The minimum Gasteiger partial charge on any atom is -0.487 e. The maximum atomic E-state index is 5.84. The summed E-state index contributed by atoms with van der Waals surface area (Å²) >= 11 is 0. The van der Waals surface area contributed by atoms with Crippen molar-refractivity contribution < 1.29 is 4.74 Å². The molecule has 2 N–H and O–H groups in total. The zero-order chi connectivity index (χ0) is 13.9. The fourth-order valence-corrected chi connectivity index (χ4v) is 2.38. The topological polar surface area (TPSA) is 53.1 Å². The number of hydrogen-bond donors (Lipinski definition) is 1. The number of nitrogens with zero attached hydrogens (tertiary/aromatic N) is 2. The Kier molecular flexibility index (Phi) is 3.74. The molecule has 1 aromatic heterocycles. The first-order valence-electron chi connectivity index (χ1n) is 7.20. The van der Waals surface area contributed by atoms with Crippen LogP contribution in [-0.2, 0) is 13.0 Å². The van der Waals surface area contributed by atoms with Gasteiger partial charge in [0.1, 0.15) is 12.4 Å². The lowest BCUT2D eigenvalue weighted by molar-refractivity contribution is 0.295. The fraction of sp³-hybridized carbons (Fsp3) is 0.438. The summed E-state index contributed by atoms with van der Waals surface area (Å²) < 4.78 is 8.06. The highest BCUT2D eigenvalue weighted by Gasteiger charge is 2.25. The molecule has 106 valence electrons. The molecule has 0 aliphatic heterocycles. The van der Waals surface area contributed by atoms with Crippen LogP contribution in [0.1, 0.15) is 37.1 Å². The lowest BCUT2D eigenvalue weighted by atomic mass is 10.1. The molecule has 4 heteroatoms. The van der Waals surface area contributed by atoms with Gasteiger partial charge in [0.25, 0.3) is 0 Å². The molecule has 1 unspecified atom stereocenters. The average Bonchev–Trinajstić information content (AvgIpc) is 3.16. The molecule has 1 saturated carbocycles. The Morgan fingerprint density at radius 1 is 1.35 bits per heavy atom. The molecule has 0 bridgehead atoms. The third kappa shape index (κ3) is 3.20. The molecule has 2 aromatic rings. The molecule has 0 amide bonds. The first kappa shape index (κ1) is 13.2. The maximum absolute atomic E-state index is 5.84. The minimum atomic E-state index is 0.190. The van der Waals surface area contributed by atoms with Gasteiger partial charge < -0.3 is 15.0 Å². The standard InChI is InChI=1S/C16H21N3O/c1-12(17)8-13-2-6-16(7-3-13)20-10-15-9-18-11-19(15)14-4-5-14/h2-3,6-7,9,11-12,14H,4-5,8,10,17H2,1H3. The van der Waals surface area contributed by atoms with Gasteiger partial charge >= 0.3 is 0 Å². The van der Waals surface area contributed by atoms with Crippen molar-refractivity contribution in [3.63, 3.8) is 0 Å². The van der Waals surface area contributed by atoms with Gasteiger partial charge in [-0.2, -0.15) is 0 Å². The Labute approximate surface area is 119 Å². The normalized spacial score (nSPS) is 16.1. The average molecular weight is 271 g/mol. The molecule has 1 fully saturated rings. The van der Waals surface area contributed by atoms with Crippen LogP contribution in [0.4, 0.5) is 0 Å². The third-order valence-corrected chi connectivity index (χ3v) is 3.55. The van der Waals surface area contributed by atoms with E-state index in [0.29, 0.717) is 12.6 Å². The summed E-state index contributed by atoms with van der Waals surface area (Å²) in [6.07, 6.45) is 7.21. The van der Waals surface area contributed by atoms with Crippen LogP contribution in [0.15, 0.2) is 36.8 Å². The summed E-state index contributed by atoms with van der Waals surface area (Å²) in [5, 5.41) is 0. The monoisotopic (exact) mass is 271 g/mol. The second-order valence-electron chi connectivity index (χ2n) is 5.64. The van der Waals surface area contributed by atoms with Crippen LogP contribution in [-0.4, -0.2) is 15.6 Å². The summed E-state index contributed by atoms with van der Waals surface area (Å²) in [6.45, 7) is 2.59. The largest absolute Gasteiger partial charge is 0.487 e. The fourth-order valence-electron chi connectivity index (χ4n) is 2.38. The van der Waals surface area contributed by atoms with Gasteiger partial charge in [0, 0.05) is 12.1 Å². The zero-order valence-electron chi connectivity index (χ0n) is 11.8. The predicted molar refractivity (Wildman–Crippen MR) is 78.6 cm³/mol. The molecular formula is C16H21N3O. The number of nitrogens with two attached hydrogens (primary N) is 1. The Bertz CT molecular complexity index is 555. The van der Waals surface area contributed by atoms with Crippen LogP contribution in [0.2, 0.25) is 0 Å². The van der Waals surface area contributed by atoms with E-state index in [1.54, 1.807) is 0 Å². The number of imidazole rings is 1. The van der Waals surface area contributed by atoms with E-state index >= 15 is 0 Å². The smallest absolute Gasteiger partial charge is 0.130 e. The number of benzene rings is 1. The molecule has 4 nitrogen and oxygen atoms in total. The van der Waals surface area contributed by atoms with Crippen LogP contribution >= 0.6 is 0 Å². The SMILES string of the molecule is CC(N)Cc1ccc(OCc2cncn2C2CC2)cc1. The summed E-state index contributed by atoms with van der Waals surface area (Å²) in [5.41, 5.74) is 8.19. The number of ether oxygens (including phenoxy) is 1. The van der Waals surface area contributed by atoms with Crippen molar-refractivity contribution in [1.29, 1.82) is 0 Å². The van der Waals surface area contributed by atoms with E-state index in [0.717, 1.165) is 17.9 Å². The third-order valence-electron chi connectivity index (χ3n) is 3.55. The van der Waals surface area contributed by atoms with E-state index in [2.05, 4.69) is 21.7 Å². The lowest BCUT2D eigenvalue weighted by Gasteiger charge is -2.10. The van der Waals surface area contributed by atoms with E-state index in [1.165, 1.54) is 18.4 Å². The molecule has 0 spiro atoms. The Balaban J connectivity index is 1.59. The van der Waals surface area contributed by atoms with Gasteiger partial charge in [0.05, 0.1) is 18.2 Å². The van der Waals surface area contributed by atoms with Crippen LogP contribution in [0.5, 0.6) is 5.75 Å². The summed E-state index contributed by atoms with van der Waals surface area (Å²) in [5.74, 6) is 0.891. The van der Waals surface area contributed by atoms with Crippen molar-refractivity contribution >= 4 is 0 Å². The van der Waals surface area contributed by atoms with Gasteiger partial charge in [-0.3, -0.25) is 0 Å². The van der Waals surface area contributed by atoms with Crippen molar-refractivity contribution in [3.8, 4) is 5.75 Å². The van der Waals surface area contributed by atoms with E-state index in [9.17, 15) is 0 Å². The van der Waals surface area contributed by atoms with E-state index in [4.69, 9.17) is 10.5 Å². The molecule has 3 rings (SSSR count). The minimum absolute atomic E-state index is 0.190. The molecule has 1 heterocycles. The molecular weight excluding hydrogens is 250 g/mol. The van der Waals surface area contributed by atoms with Crippen LogP contribution < -0.4 is 10.5 Å². The molecule has 20 heavy (non-hydrogen) atoms. The van der Waals surface area contributed by atoms with Crippen molar-refractivity contribution in [2.24, 2.45) is 5.73 Å². The van der Waals surface area contributed by atoms with Crippen LogP contribution in [0.25, 0.3) is 0 Å². The Morgan fingerprint density at radius 3 is 2.75 bits per heavy atom. The van der Waals surface area contributed by atoms with Gasteiger partial charge in [-0.25, -0.2) is 4.98 Å². The summed E-state index contributed by atoms with van der Waals surface area (Å²) in [7, 11) is 0. The van der Waals surface area contributed by atoms with Crippen LogP contribution in [0, 0.1) is 0 Å². The zero-order valence-corrected chi connectivity index (χ0v) is 11.8.